The molecule has 1 amide bonds. The molecule has 5 nitrogen and oxygen atoms in total. The molecule has 2 rings (SSSR count). The van der Waals surface area contributed by atoms with E-state index in [9.17, 15) is 4.79 Å². The molecule has 82 valence electrons. The first-order chi connectivity index (χ1) is 7.66. The highest BCUT2D eigenvalue weighted by atomic mass is 79.9. The van der Waals surface area contributed by atoms with Crippen molar-refractivity contribution >= 4 is 38.5 Å². The topological polar surface area (TPSA) is 67.8 Å². The highest BCUT2D eigenvalue weighted by Crippen LogP contribution is 2.16. The van der Waals surface area contributed by atoms with E-state index in [0.29, 0.717) is 21.1 Å². The van der Waals surface area contributed by atoms with Crippen molar-refractivity contribution in [3.8, 4) is 0 Å². The molecule has 2 aromatic rings. The van der Waals surface area contributed by atoms with E-state index < -0.39 is 0 Å². The minimum atomic E-state index is -0.228. The predicted octanol–water partition coefficient (Wildman–Crippen LogP) is 2.26. The number of aromatic nitrogens is 3. The zero-order valence-corrected chi connectivity index (χ0v) is 10.7. The lowest BCUT2D eigenvalue weighted by atomic mass is 10.2. The normalized spacial score (nSPS) is 10.1. The van der Waals surface area contributed by atoms with Crippen molar-refractivity contribution < 1.29 is 4.79 Å². The van der Waals surface area contributed by atoms with Gasteiger partial charge in [-0.3, -0.25) is 15.1 Å². The fraction of sp³-hybridized carbons (Fsp3) is 0.111. The molecular weight excluding hydrogens is 292 g/mol. The van der Waals surface area contributed by atoms with Gasteiger partial charge in [0.25, 0.3) is 5.91 Å². The second-order valence-electron chi connectivity index (χ2n) is 2.96. The van der Waals surface area contributed by atoms with E-state index in [4.69, 9.17) is 0 Å². The molecule has 2 aromatic heterocycles. The Labute approximate surface area is 104 Å². The van der Waals surface area contributed by atoms with E-state index >= 15 is 0 Å². The van der Waals surface area contributed by atoms with Crippen LogP contribution in [0, 0.1) is 6.92 Å². The van der Waals surface area contributed by atoms with Gasteiger partial charge in [0.1, 0.15) is 0 Å². The van der Waals surface area contributed by atoms with Crippen LogP contribution in [-0.2, 0) is 0 Å². The van der Waals surface area contributed by atoms with Crippen LogP contribution < -0.4 is 5.32 Å². The number of carbonyl (C=O) groups excluding carboxylic acids is 1. The number of hydrogen-bond donors (Lipinski definition) is 1. The number of halogens is 1. The van der Waals surface area contributed by atoms with Gasteiger partial charge in [-0.25, -0.2) is 0 Å². The van der Waals surface area contributed by atoms with E-state index in [1.54, 1.807) is 25.3 Å². The van der Waals surface area contributed by atoms with Gasteiger partial charge in [0, 0.05) is 23.4 Å². The highest BCUT2D eigenvalue weighted by Gasteiger charge is 2.11. The third-order valence-corrected chi connectivity index (χ3v) is 3.09. The molecule has 0 fully saturated rings. The summed E-state index contributed by atoms with van der Waals surface area (Å²) in [5.41, 5.74) is 1.22. The van der Waals surface area contributed by atoms with Gasteiger partial charge in [0.05, 0.1) is 5.56 Å². The molecule has 0 aromatic carbocycles. The molecule has 0 saturated carbocycles. The maximum Gasteiger partial charge on any atom is 0.259 e. The second kappa shape index (κ2) is 4.67. The van der Waals surface area contributed by atoms with Crippen LogP contribution in [0.2, 0.25) is 0 Å². The SMILES string of the molecule is Cc1ncccc1C(=O)Nc1nc(Br)ns1. The molecule has 0 unspecified atom stereocenters. The molecular formula is C9H7BrN4OS. The molecule has 0 bridgehead atoms. The quantitative estimate of drug-likeness (QED) is 0.923. The third kappa shape index (κ3) is 2.42. The van der Waals surface area contributed by atoms with Crippen LogP contribution in [0.5, 0.6) is 0 Å². The van der Waals surface area contributed by atoms with Crippen molar-refractivity contribution in [1.82, 2.24) is 14.3 Å². The standard InChI is InChI=1S/C9H7BrN4OS/c1-5-6(3-2-4-11-5)7(15)12-9-13-8(10)14-16-9/h2-4H,1H3,(H,12,13,14,15). The summed E-state index contributed by atoms with van der Waals surface area (Å²) in [6.45, 7) is 1.78. The van der Waals surface area contributed by atoms with Crippen molar-refractivity contribution in [2.45, 2.75) is 6.92 Å². The summed E-state index contributed by atoms with van der Waals surface area (Å²) in [4.78, 5) is 19.8. The second-order valence-corrected chi connectivity index (χ2v) is 4.42. The summed E-state index contributed by atoms with van der Waals surface area (Å²) in [5, 5.41) is 3.11. The molecule has 0 atom stereocenters. The van der Waals surface area contributed by atoms with Gasteiger partial charge in [0.2, 0.25) is 9.87 Å². The molecule has 0 saturated heterocycles. The molecule has 1 N–H and O–H groups in total. The van der Waals surface area contributed by atoms with Crippen LogP contribution >= 0.6 is 27.5 Å². The van der Waals surface area contributed by atoms with Gasteiger partial charge in [0.15, 0.2) is 0 Å². The maximum absolute atomic E-state index is 11.8. The molecule has 0 aliphatic heterocycles. The van der Waals surface area contributed by atoms with Crippen LogP contribution in [0.25, 0.3) is 0 Å². The van der Waals surface area contributed by atoms with Crippen LogP contribution in [0.15, 0.2) is 23.1 Å². The summed E-state index contributed by atoms with van der Waals surface area (Å²) >= 11 is 4.24. The summed E-state index contributed by atoms with van der Waals surface area (Å²) in [5.74, 6) is -0.228. The Morgan fingerprint density at radius 3 is 3.00 bits per heavy atom. The van der Waals surface area contributed by atoms with E-state index in [0.717, 1.165) is 11.5 Å². The number of carbonyl (C=O) groups is 1. The third-order valence-electron chi connectivity index (χ3n) is 1.87. The fourth-order valence-corrected chi connectivity index (χ4v) is 2.13. The Kier molecular flexibility index (Phi) is 3.25. The van der Waals surface area contributed by atoms with Gasteiger partial charge in [-0.15, -0.1) is 0 Å². The smallest absolute Gasteiger partial charge is 0.259 e. The molecule has 7 heteroatoms. The van der Waals surface area contributed by atoms with Crippen LogP contribution in [-0.4, -0.2) is 20.2 Å². The Bertz CT molecular complexity index is 528. The Hall–Kier alpha value is -1.34. The largest absolute Gasteiger partial charge is 0.297 e. The van der Waals surface area contributed by atoms with Crippen LogP contribution in [0.4, 0.5) is 5.13 Å². The number of aryl methyl sites for hydroxylation is 1. The first kappa shape index (κ1) is 11.2. The van der Waals surface area contributed by atoms with Gasteiger partial charge >= 0.3 is 0 Å². The number of pyridine rings is 1. The lowest BCUT2D eigenvalue weighted by Gasteiger charge is -2.02. The summed E-state index contributed by atoms with van der Waals surface area (Å²) in [7, 11) is 0. The highest BCUT2D eigenvalue weighted by molar-refractivity contribution is 9.10. The number of rotatable bonds is 2. The lowest BCUT2D eigenvalue weighted by molar-refractivity contribution is 0.102. The average Bonchev–Trinajstić information content (AvgIpc) is 2.64. The van der Waals surface area contributed by atoms with E-state index in [1.807, 2.05) is 0 Å². The van der Waals surface area contributed by atoms with Crippen molar-refractivity contribution in [1.29, 1.82) is 0 Å². The number of amides is 1. The monoisotopic (exact) mass is 298 g/mol. The Morgan fingerprint density at radius 1 is 1.56 bits per heavy atom. The number of hydrogen-bond acceptors (Lipinski definition) is 5. The first-order valence-electron chi connectivity index (χ1n) is 4.39. The number of anilines is 1. The number of nitrogens with one attached hydrogen (secondary N) is 1. The van der Waals surface area contributed by atoms with Gasteiger partial charge < -0.3 is 0 Å². The van der Waals surface area contributed by atoms with Crippen molar-refractivity contribution in [2.75, 3.05) is 5.32 Å². The summed E-state index contributed by atoms with van der Waals surface area (Å²) in [6.07, 6.45) is 1.65. The van der Waals surface area contributed by atoms with Gasteiger partial charge in [-0.2, -0.15) is 9.36 Å². The van der Waals surface area contributed by atoms with E-state index in [2.05, 4.69) is 35.6 Å². The van der Waals surface area contributed by atoms with E-state index in [1.165, 1.54) is 0 Å². The zero-order valence-electron chi connectivity index (χ0n) is 8.27. The van der Waals surface area contributed by atoms with E-state index in [-0.39, 0.29) is 5.91 Å². The van der Waals surface area contributed by atoms with Crippen molar-refractivity contribution in [3.63, 3.8) is 0 Å². The summed E-state index contributed by atoms with van der Waals surface area (Å²) < 4.78 is 4.37. The molecule has 2 heterocycles. The zero-order chi connectivity index (χ0) is 11.5. The Morgan fingerprint density at radius 2 is 2.38 bits per heavy atom. The minimum Gasteiger partial charge on any atom is -0.297 e. The summed E-state index contributed by atoms with van der Waals surface area (Å²) in [6, 6.07) is 3.44. The van der Waals surface area contributed by atoms with Crippen molar-refractivity contribution in [3.05, 3.63) is 34.3 Å². The molecule has 0 aliphatic rings. The molecule has 16 heavy (non-hydrogen) atoms. The van der Waals surface area contributed by atoms with Crippen LogP contribution in [0.1, 0.15) is 16.1 Å². The maximum atomic E-state index is 11.8. The number of nitrogens with zero attached hydrogens (tertiary/aromatic N) is 3. The first-order valence-corrected chi connectivity index (χ1v) is 5.95. The molecule has 0 spiro atoms. The predicted molar refractivity (Wildman–Crippen MR) is 64.5 cm³/mol. The average molecular weight is 299 g/mol. The Balaban J connectivity index is 2.18. The van der Waals surface area contributed by atoms with Gasteiger partial charge in [-0.1, -0.05) is 0 Å². The fourth-order valence-electron chi connectivity index (χ4n) is 1.14. The molecule has 0 radical (unpaired) electrons. The minimum absolute atomic E-state index is 0.228. The van der Waals surface area contributed by atoms with Crippen molar-refractivity contribution in [2.24, 2.45) is 0 Å². The molecule has 0 aliphatic carbocycles. The van der Waals surface area contributed by atoms with Gasteiger partial charge in [-0.05, 0) is 35.0 Å². The van der Waals surface area contributed by atoms with Crippen LogP contribution in [0.3, 0.4) is 0 Å². The lowest BCUT2D eigenvalue weighted by Crippen LogP contribution is -2.13.